The summed E-state index contributed by atoms with van der Waals surface area (Å²) in [6.07, 6.45) is -0.261. The van der Waals surface area contributed by atoms with E-state index >= 15 is 0 Å². The van der Waals surface area contributed by atoms with E-state index in [9.17, 15) is 4.79 Å². The van der Waals surface area contributed by atoms with Crippen molar-refractivity contribution in [1.82, 2.24) is 15.5 Å². The molecule has 0 unspecified atom stereocenters. The van der Waals surface area contributed by atoms with Crippen LogP contribution in [-0.4, -0.2) is 48.7 Å². The van der Waals surface area contributed by atoms with Gasteiger partial charge < -0.3 is 20.3 Å². The molecule has 0 atom stereocenters. The Bertz CT molecular complexity index is 601. The molecule has 0 aliphatic carbocycles. The molecule has 1 amide bonds. The summed E-state index contributed by atoms with van der Waals surface area (Å²) in [5.41, 5.74) is 2.03. The van der Waals surface area contributed by atoms with Crippen LogP contribution >= 0.6 is 0 Å². The number of aliphatic imine (C=N–C) groups is 1. The van der Waals surface area contributed by atoms with Crippen molar-refractivity contribution in [1.29, 1.82) is 0 Å². The van der Waals surface area contributed by atoms with E-state index in [1.165, 1.54) is 11.1 Å². The van der Waals surface area contributed by atoms with Gasteiger partial charge >= 0.3 is 6.09 Å². The van der Waals surface area contributed by atoms with Gasteiger partial charge in [0.05, 0.1) is 6.04 Å². The van der Waals surface area contributed by atoms with Gasteiger partial charge in [-0.15, -0.1) is 0 Å². The summed E-state index contributed by atoms with van der Waals surface area (Å²) in [6.45, 7) is 9.68. The van der Waals surface area contributed by atoms with Crippen LogP contribution in [0.3, 0.4) is 0 Å². The second-order valence-corrected chi connectivity index (χ2v) is 7.08. The molecule has 1 heterocycles. The first kappa shape index (κ1) is 18.1. The third-order valence-corrected chi connectivity index (χ3v) is 3.81. The summed E-state index contributed by atoms with van der Waals surface area (Å²) in [5, 5.41) is 6.64. The molecular formula is C18H28N4O2. The lowest BCUT2D eigenvalue weighted by molar-refractivity contribution is 0.00701. The van der Waals surface area contributed by atoms with Crippen LogP contribution in [0.15, 0.2) is 29.3 Å². The summed E-state index contributed by atoms with van der Waals surface area (Å²) < 4.78 is 5.35. The van der Waals surface area contributed by atoms with Crippen LogP contribution in [0.4, 0.5) is 4.79 Å². The molecule has 1 aromatic carbocycles. The lowest BCUT2D eigenvalue weighted by Gasteiger charge is -2.40. The number of benzene rings is 1. The van der Waals surface area contributed by atoms with Crippen LogP contribution in [0.5, 0.6) is 0 Å². The Morgan fingerprint density at radius 1 is 1.33 bits per heavy atom. The zero-order valence-electron chi connectivity index (χ0n) is 15.2. The van der Waals surface area contributed by atoms with Gasteiger partial charge in [-0.2, -0.15) is 0 Å². The van der Waals surface area contributed by atoms with Crippen LogP contribution in [0.2, 0.25) is 0 Å². The highest BCUT2D eigenvalue weighted by Gasteiger charge is 2.34. The average molecular weight is 332 g/mol. The van der Waals surface area contributed by atoms with Crippen LogP contribution in [0.25, 0.3) is 0 Å². The molecule has 1 aliphatic rings. The van der Waals surface area contributed by atoms with Gasteiger partial charge in [-0.1, -0.05) is 24.3 Å². The van der Waals surface area contributed by atoms with Gasteiger partial charge in [0, 0.05) is 26.7 Å². The number of hydrogen-bond donors (Lipinski definition) is 2. The van der Waals surface area contributed by atoms with Crippen molar-refractivity contribution in [3.63, 3.8) is 0 Å². The Morgan fingerprint density at radius 3 is 2.58 bits per heavy atom. The van der Waals surface area contributed by atoms with Crippen LogP contribution in [0.1, 0.15) is 31.9 Å². The monoisotopic (exact) mass is 332 g/mol. The van der Waals surface area contributed by atoms with Crippen molar-refractivity contribution in [2.24, 2.45) is 4.99 Å². The molecule has 132 valence electrons. The number of aryl methyl sites for hydroxylation is 1. The number of amides is 1. The van der Waals surface area contributed by atoms with Gasteiger partial charge in [0.1, 0.15) is 5.60 Å². The zero-order chi connectivity index (χ0) is 17.7. The summed E-state index contributed by atoms with van der Waals surface area (Å²) >= 11 is 0. The summed E-state index contributed by atoms with van der Waals surface area (Å²) in [7, 11) is 1.75. The smallest absolute Gasteiger partial charge is 0.410 e. The van der Waals surface area contributed by atoms with Crippen LogP contribution < -0.4 is 10.6 Å². The molecule has 0 spiro atoms. The predicted molar refractivity (Wildman–Crippen MR) is 96.1 cm³/mol. The van der Waals surface area contributed by atoms with Crippen LogP contribution in [-0.2, 0) is 11.3 Å². The summed E-state index contributed by atoms with van der Waals surface area (Å²) in [4.78, 5) is 17.9. The second kappa shape index (κ2) is 7.55. The van der Waals surface area contributed by atoms with Crippen molar-refractivity contribution < 1.29 is 9.53 Å². The third kappa shape index (κ3) is 5.15. The second-order valence-electron chi connectivity index (χ2n) is 7.08. The minimum atomic E-state index is -0.458. The maximum atomic E-state index is 11.9. The average Bonchev–Trinajstić information content (AvgIpc) is 2.45. The van der Waals surface area contributed by atoms with E-state index in [0.717, 1.165) is 12.5 Å². The third-order valence-electron chi connectivity index (χ3n) is 3.81. The number of guanidine groups is 1. The van der Waals surface area contributed by atoms with E-state index in [1.54, 1.807) is 11.9 Å². The quantitative estimate of drug-likeness (QED) is 0.658. The molecule has 24 heavy (non-hydrogen) atoms. The molecule has 0 radical (unpaired) electrons. The molecule has 2 N–H and O–H groups in total. The van der Waals surface area contributed by atoms with E-state index < -0.39 is 5.60 Å². The highest BCUT2D eigenvalue weighted by Crippen LogP contribution is 2.15. The number of nitrogens with zero attached hydrogens (tertiary/aromatic N) is 2. The largest absolute Gasteiger partial charge is 0.444 e. The van der Waals surface area contributed by atoms with Gasteiger partial charge in [-0.05, 0) is 38.8 Å². The standard InChI is InChI=1S/C18H28N4O2/c1-13-8-6-7-9-14(13)10-20-16(19-5)21-15-11-22(12-15)17(23)24-18(2,3)4/h6-9,15H,10-12H2,1-5H3,(H2,19,20,21). The number of hydrogen-bond acceptors (Lipinski definition) is 3. The predicted octanol–water partition coefficient (Wildman–Crippen LogP) is 2.28. The molecule has 1 saturated heterocycles. The first-order valence-corrected chi connectivity index (χ1v) is 8.28. The van der Waals surface area contributed by atoms with Gasteiger partial charge in [-0.3, -0.25) is 4.99 Å². The van der Waals surface area contributed by atoms with Gasteiger partial charge in [0.25, 0.3) is 0 Å². The van der Waals surface area contributed by atoms with Crippen molar-refractivity contribution in [2.45, 2.75) is 45.9 Å². The molecule has 0 aromatic heterocycles. The van der Waals surface area contributed by atoms with E-state index in [0.29, 0.717) is 13.1 Å². The molecule has 2 rings (SSSR count). The van der Waals surface area contributed by atoms with E-state index in [1.807, 2.05) is 32.9 Å². The maximum Gasteiger partial charge on any atom is 0.410 e. The lowest BCUT2D eigenvalue weighted by Crippen LogP contribution is -2.63. The molecule has 1 fully saturated rings. The number of carbonyl (C=O) groups is 1. The summed E-state index contributed by atoms with van der Waals surface area (Å²) in [6, 6.07) is 8.46. The molecule has 6 heteroatoms. The number of ether oxygens (including phenoxy) is 1. The van der Waals surface area contributed by atoms with E-state index in [-0.39, 0.29) is 12.1 Å². The van der Waals surface area contributed by atoms with Crippen molar-refractivity contribution >= 4 is 12.1 Å². The molecular weight excluding hydrogens is 304 g/mol. The number of nitrogens with one attached hydrogen (secondary N) is 2. The number of likely N-dealkylation sites (tertiary alicyclic amines) is 1. The fraction of sp³-hybridized carbons (Fsp3) is 0.556. The van der Waals surface area contributed by atoms with Crippen LogP contribution in [0, 0.1) is 6.92 Å². The molecule has 0 bridgehead atoms. The molecule has 1 aromatic rings. The van der Waals surface area contributed by atoms with Gasteiger partial charge in [0.2, 0.25) is 0 Å². The van der Waals surface area contributed by atoms with Crippen molar-refractivity contribution in [3.05, 3.63) is 35.4 Å². The van der Waals surface area contributed by atoms with Crippen molar-refractivity contribution in [3.8, 4) is 0 Å². The topological polar surface area (TPSA) is 66.0 Å². The minimum Gasteiger partial charge on any atom is -0.444 e. The fourth-order valence-electron chi connectivity index (χ4n) is 2.42. The Morgan fingerprint density at radius 2 is 2.00 bits per heavy atom. The minimum absolute atomic E-state index is 0.195. The summed E-state index contributed by atoms with van der Waals surface area (Å²) in [5.74, 6) is 0.743. The van der Waals surface area contributed by atoms with E-state index in [4.69, 9.17) is 4.74 Å². The highest BCUT2D eigenvalue weighted by molar-refractivity contribution is 5.80. The number of rotatable bonds is 3. The Hall–Kier alpha value is -2.24. The molecule has 1 aliphatic heterocycles. The zero-order valence-corrected chi connectivity index (χ0v) is 15.2. The molecule has 0 saturated carbocycles. The molecule has 6 nitrogen and oxygen atoms in total. The van der Waals surface area contributed by atoms with Gasteiger partial charge in [-0.25, -0.2) is 4.79 Å². The Balaban J connectivity index is 1.75. The maximum absolute atomic E-state index is 11.9. The Labute approximate surface area is 144 Å². The highest BCUT2D eigenvalue weighted by atomic mass is 16.6. The van der Waals surface area contributed by atoms with E-state index in [2.05, 4.69) is 34.7 Å². The lowest BCUT2D eigenvalue weighted by atomic mass is 10.1. The normalized spacial score (nSPS) is 15.7. The van der Waals surface area contributed by atoms with Gasteiger partial charge in [0.15, 0.2) is 5.96 Å². The SMILES string of the molecule is CN=C(NCc1ccccc1C)NC1CN(C(=O)OC(C)(C)C)C1. The first-order valence-electron chi connectivity index (χ1n) is 8.28. The fourth-order valence-corrected chi connectivity index (χ4v) is 2.42. The number of carbonyl (C=O) groups excluding carboxylic acids is 1. The first-order chi connectivity index (χ1) is 11.3. The Kier molecular flexibility index (Phi) is 5.70. The van der Waals surface area contributed by atoms with Crippen molar-refractivity contribution in [2.75, 3.05) is 20.1 Å².